The molecule has 3 N–H and O–H groups in total. The van der Waals surface area contributed by atoms with Gasteiger partial charge in [0.2, 0.25) is 10.0 Å². The summed E-state index contributed by atoms with van der Waals surface area (Å²) in [6, 6.07) is 10.7. The summed E-state index contributed by atoms with van der Waals surface area (Å²) in [5.41, 5.74) is 6.93. The van der Waals surface area contributed by atoms with Crippen LogP contribution < -0.4 is 10.5 Å². The first-order valence-electron chi connectivity index (χ1n) is 6.38. The minimum Gasteiger partial charge on any atom is -0.399 e. The molecule has 108 valence electrons. The van der Waals surface area contributed by atoms with Gasteiger partial charge in [0.15, 0.2) is 0 Å². The highest BCUT2D eigenvalue weighted by Gasteiger charge is 2.19. The molecule has 0 bridgehead atoms. The Morgan fingerprint density at radius 3 is 2.70 bits per heavy atom. The molecular weight excluding hydrogens is 292 g/mol. The zero-order valence-electron chi connectivity index (χ0n) is 11.2. The molecule has 20 heavy (non-hydrogen) atoms. The normalized spacial score (nSPS) is 13.2. The number of rotatable bonds is 6. The maximum absolute atomic E-state index is 12.2. The van der Waals surface area contributed by atoms with Gasteiger partial charge >= 0.3 is 0 Å². The van der Waals surface area contributed by atoms with E-state index in [0.29, 0.717) is 11.3 Å². The predicted molar refractivity (Wildman–Crippen MR) is 84.0 cm³/mol. The van der Waals surface area contributed by atoms with E-state index >= 15 is 0 Å². The summed E-state index contributed by atoms with van der Waals surface area (Å²) in [5, 5.41) is 1.95. The highest BCUT2D eigenvalue weighted by atomic mass is 32.2. The average Bonchev–Trinajstić information content (AvgIpc) is 2.89. The van der Waals surface area contributed by atoms with E-state index in [4.69, 9.17) is 5.73 Å². The number of hydrogen-bond donors (Lipinski definition) is 2. The molecular formula is C14H18N2O2S2. The van der Waals surface area contributed by atoms with Gasteiger partial charge in [-0.05, 0) is 35.6 Å². The Kier molecular flexibility index (Phi) is 4.80. The van der Waals surface area contributed by atoms with Crippen molar-refractivity contribution in [3.8, 4) is 0 Å². The Bertz CT molecular complexity index is 652. The molecule has 0 saturated carbocycles. The fourth-order valence-electron chi connectivity index (χ4n) is 1.99. The van der Waals surface area contributed by atoms with E-state index in [-0.39, 0.29) is 11.8 Å². The molecule has 0 radical (unpaired) electrons. The second-order valence-corrected chi connectivity index (χ2v) is 7.33. The van der Waals surface area contributed by atoms with E-state index < -0.39 is 10.0 Å². The van der Waals surface area contributed by atoms with E-state index in [1.165, 1.54) is 0 Å². The molecule has 1 atom stereocenters. The lowest BCUT2D eigenvalue weighted by Gasteiger charge is -2.15. The lowest BCUT2D eigenvalue weighted by atomic mass is 10.2. The second-order valence-electron chi connectivity index (χ2n) is 4.60. The largest absolute Gasteiger partial charge is 0.399 e. The molecule has 1 aromatic carbocycles. The van der Waals surface area contributed by atoms with Gasteiger partial charge in [-0.15, -0.1) is 11.3 Å². The quantitative estimate of drug-likeness (QED) is 0.806. The smallest absolute Gasteiger partial charge is 0.216 e. The summed E-state index contributed by atoms with van der Waals surface area (Å²) < 4.78 is 27.2. The topological polar surface area (TPSA) is 72.2 Å². The number of anilines is 1. The molecule has 0 fully saturated rings. The molecule has 0 saturated heterocycles. The Morgan fingerprint density at radius 2 is 2.10 bits per heavy atom. The molecule has 1 heterocycles. The van der Waals surface area contributed by atoms with Crippen molar-refractivity contribution in [3.63, 3.8) is 0 Å². The molecule has 0 amide bonds. The summed E-state index contributed by atoms with van der Waals surface area (Å²) in [6.07, 6.45) is 0.719. The van der Waals surface area contributed by atoms with E-state index in [1.54, 1.807) is 35.6 Å². The number of benzene rings is 1. The van der Waals surface area contributed by atoms with Gasteiger partial charge in [-0.3, -0.25) is 0 Å². The SMILES string of the molecule is CCC(NS(=O)(=O)Cc1cccc(N)c1)c1cccs1. The lowest BCUT2D eigenvalue weighted by Crippen LogP contribution is -2.29. The zero-order valence-corrected chi connectivity index (χ0v) is 12.9. The number of thiophene rings is 1. The maximum Gasteiger partial charge on any atom is 0.216 e. The number of hydrogen-bond acceptors (Lipinski definition) is 4. The van der Waals surface area contributed by atoms with Gasteiger partial charge < -0.3 is 5.73 Å². The molecule has 1 unspecified atom stereocenters. The minimum atomic E-state index is -3.39. The first-order chi connectivity index (χ1) is 9.50. The fraction of sp³-hybridized carbons (Fsp3) is 0.286. The van der Waals surface area contributed by atoms with Crippen LogP contribution in [0, 0.1) is 0 Å². The van der Waals surface area contributed by atoms with Crippen molar-refractivity contribution in [2.45, 2.75) is 25.1 Å². The van der Waals surface area contributed by atoms with Gasteiger partial charge in [-0.2, -0.15) is 0 Å². The highest BCUT2D eigenvalue weighted by Crippen LogP contribution is 2.23. The number of nitrogens with one attached hydrogen (secondary N) is 1. The number of nitrogens with two attached hydrogens (primary N) is 1. The third-order valence-corrected chi connectivity index (χ3v) is 5.27. The van der Waals surface area contributed by atoms with Crippen LogP contribution in [0.1, 0.15) is 29.8 Å². The van der Waals surface area contributed by atoms with Crippen LogP contribution in [0.5, 0.6) is 0 Å². The summed E-state index contributed by atoms with van der Waals surface area (Å²) in [5.74, 6) is -0.0556. The maximum atomic E-state index is 12.2. The first-order valence-corrected chi connectivity index (χ1v) is 8.91. The van der Waals surface area contributed by atoms with Crippen LogP contribution in [0.15, 0.2) is 41.8 Å². The molecule has 0 spiro atoms. The van der Waals surface area contributed by atoms with Gasteiger partial charge in [-0.25, -0.2) is 13.1 Å². The summed E-state index contributed by atoms with van der Waals surface area (Å²) in [7, 11) is -3.39. The fourth-order valence-corrected chi connectivity index (χ4v) is 4.36. The third-order valence-electron chi connectivity index (χ3n) is 2.92. The molecule has 4 nitrogen and oxygen atoms in total. The van der Waals surface area contributed by atoms with Crippen molar-refractivity contribution in [1.29, 1.82) is 0 Å². The van der Waals surface area contributed by atoms with Crippen LogP contribution in [0.3, 0.4) is 0 Å². The highest BCUT2D eigenvalue weighted by molar-refractivity contribution is 7.88. The second kappa shape index (κ2) is 6.39. The van der Waals surface area contributed by atoms with Crippen LogP contribution in [-0.4, -0.2) is 8.42 Å². The van der Waals surface area contributed by atoms with Gasteiger partial charge in [0.25, 0.3) is 0 Å². The van der Waals surface area contributed by atoms with Crippen molar-refractivity contribution in [2.24, 2.45) is 0 Å². The van der Waals surface area contributed by atoms with Gasteiger partial charge in [0.05, 0.1) is 11.8 Å². The first kappa shape index (κ1) is 15.0. The van der Waals surface area contributed by atoms with Crippen molar-refractivity contribution >= 4 is 27.0 Å². The summed E-state index contributed by atoms with van der Waals surface area (Å²) in [6.45, 7) is 1.97. The molecule has 6 heteroatoms. The van der Waals surface area contributed by atoms with Crippen LogP contribution in [0.4, 0.5) is 5.69 Å². The standard InChI is InChI=1S/C14H18N2O2S2/c1-2-13(14-7-4-8-19-14)16-20(17,18)10-11-5-3-6-12(15)9-11/h3-9,13,16H,2,10,15H2,1H3. The Labute approximate surface area is 123 Å². The zero-order chi connectivity index (χ0) is 14.6. The van der Waals surface area contributed by atoms with Crippen LogP contribution >= 0.6 is 11.3 Å². The van der Waals surface area contributed by atoms with Crippen molar-refractivity contribution in [2.75, 3.05) is 5.73 Å². The molecule has 2 aromatic rings. The van der Waals surface area contributed by atoms with Crippen LogP contribution in [0.2, 0.25) is 0 Å². The van der Waals surface area contributed by atoms with E-state index in [2.05, 4.69) is 4.72 Å². The van der Waals surface area contributed by atoms with Crippen molar-refractivity contribution in [3.05, 3.63) is 52.2 Å². The van der Waals surface area contributed by atoms with Crippen LogP contribution in [0.25, 0.3) is 0 Å². The predicted octanol–water partition coefficient (Wildman–Crippen LogP) is 2.90. The number of nitrogen functional groups attached to an aromatic ring is 1. The number of sulfonamides is 1. The van der Waals surface area contributed by atoms with Gasteiger partial charge in [0.1, 0.15) is 0 Å². The molecule has 0 aliphatic heterocycles. The summed E-state index contributed by atoms with van der Waals surface area (Å²) in [4.78, 5) is 1.03. The van der Waals surface area contributed by atoms with Gasteiger partial charge in [0, 0.05) is 10.6 Å². The van der Waals surface area contributed by atoms with Crippen LogP contribution in [-0.2, 0) is 15.8 Å². The Hall–Kier alpha value is -1.37. The van der Waals surface area contributed by atoms with E-state index in [9.17, 15) is 8.42 Å². The van der Waals surface area contributed by atoms with E-state index in [1.807, 2.05) is 24.4 Å². The van der Waals surface area contributed by atoms with Gasteiger partial charge in [-0.1, -0.05) is 25.1 Å². The third kappa shape index (κ3) is 4.06. The van der Waals surface area contributed by atoms with E-state index in [0.717, 1.165) is 11.3 Å². The minimum absolute atomic E-state index is 0.0556. The molecule has 1 aromatic heterocycles. The average molecular weight is 310 g/mol. The van der Waals surface area contributed by atoms with Crippen molar-refractivity contribution in [1.82, 2.24) is 4.72 Å². The molecule has 0 aliphatic rings. The molecule has 2 rings (SSSR count). The Balaban J connectivity index is 2.11. The summed E-state index contributed by atoms with van der Waals surface area (Å²) >= 11 is 1.56. The molecule has 0 aliphatic carbocycles. The van der Waals surface area contributed by atoms with Crippen molar-refractivity contribution < 1.29 is 8.42 Å². The monoisotopic (exact) mass is 310 g/mol. The Morgan fingerprint density at radius 1 is 1.30 bits per heavy atom. The lowest BCUT2D eigenvalue weighted by molar-refractivity contribution is 0.552.